The summed E-state index contributed by atoms with van der Waals surface area (Å²) < 4.78 is 0. The van der Waals surface area contributed by atoms with Crippen molar-refractivity contribution in [1.82, 2.24) is 10.3 Å². The van der Waals surface area contributed by atoms with Crippen LogP contribution in [0.15, 0.2) is 5.38 Å². The molecule has 1 aromatic heterocycles. The average Bonchev–Trinajstić information content (AvgIpc) is 2.77. The Bertz CT molecular complexity index is 413. The molecule has 5 nitrogen and oxygen atoms in total. The normalized spacial score (nSPS) is 10.4. The molecular formula is C12H19N3O2S. The van der Waals surface area contributed by atoms with E-state index >= 15 is 0 Å². The summed E-state index contributed by atoms with van der Waals surface area (Å²) >= 11 is 1.25. The molecule has 0 spiro atoms. The predicted octanol–water partition coefficient (Wildman–Crippen LogP) is 2.27. The number of aromatic nitrogens is 1. The van der Waals surface area contributed by atoms with E-state index in [4.69, 9.17) is 0 Å². The van der Waals surface area contributed by atoms with Crippen molar-refractivity contribution in [3.63, 3.8) is 0 Å². The van der Waals surface area contributed by atoms with E-state index in [1.807, 2.05) is 0 Å². The van der Waals surface area contributed by atoms with E-state index in [0.29, 0.717) is 23.3 Å². The van der Waals surface area contributed by atoms with Gasteiger partial charge in [-0.1, -0.05) is 26.7 Å². The summed E-state index contributed by atoms with van der Waals surface area (Å²) in [6.07, 6.45) is 2.09. The van der Waals surface area contributed by atoms with Crippen LogP contribution in [0, 0.1) is 5.92 Å². The van der Waals surface area contributed by atoms with Crippen LogP contribution in [0.4, 0.5) is 5.13 Å². The van der Waals surface area contributed by atoms with Gasteiger partial charge < -0.3 is 10.6 Å². The van der Waals surface area contributed by atoms with Gasteiger partial charge in [0, 0.05) is 18.8 Å². The van der Waals surface area contributed by atoms with Crippen LogP contribution in [-0.4, -0.2) is 23.3 Å². The summed E-state index contributed by atoms with van der Waals surface area (Å²) in [6, 6.07) is 0. The Morgan fingerprint density at radius 1 is 1.39 bits per heavy atom. The molecule has 0 saturated heterocycles. The number of nitrogens with one attached hydrogen (secondary N) is 2. The Morgan fingerprint density at radius 2 is 2.06 bits per heavy atom. The maximum atomic E-state index is 11.8. The third-order valence-electron chi connectivity index (χ3n) is 2.73. The minimum atomic E-state index is -0.187. The molecule has 0 aliphatic heterocycles. The second-order valence-electron chi connectivity index (χ2n) is 4.11. The average molecular weight is 269 g/mol. The Balaban J connectivity index is 2.51. The molecular weight excluding hydrogens is 250 g/mol. The van der Waals surface area contributed by atoms with Crippen molar-refractivity contribution in [3.8, 4) is 0 Å². The monoisotopic (exact) mass is 269 g/mol. The van der Waals surface area contributed by atoms with E-state index in [2.05, 4.69) is 29.5 Å². The third-order valence-corrected chi connectivity index (χ3v) is 3.48. The van der Waals surface area contributed by atoms with Crippen LogP contribution in [0.5, 0.6) is 0 Å². The van der Waals surface area contributed by atoms with Crippen LogP contribution in [0.1, 0.15) is 44.1 Å². The van der Waals surface area contributed by atoms with E-state index in [1.54, 1.807) is 5.38 Å². The quantitative estimate of drug-likeness (QED) is 0.832. The molecule has 0 bridgehead atoms. The standard InChI is InChI=1S/C12H19N3O2S/c1-4-9(5-2)6-13-11(17)10-7-18-12(15-10)14-8(3)16/h7,9H,4-6H2,1-3H3,(H,13,17)(H,14,15,16). The molecule has 0 radical (unpaired) electrons. The van der Waals surface area contributed by atoms with Crippen LogP contribution < -0.4 is 10.6 Å². The maximum Gasteiger partial charge on any atom is 0.270 e. The number of anilines is 1. The highest BCUT2D eigenvalue weighted by Gasteiger charge is 2.12. The number of rotatable bonds is 6. The van der Waals surface area contributed by atoms with Crippen molar-refractivity contribution in [2.75, 3.05) is 11.9 Å². The Morgan fingerprint density at radius 3 is 2.61 bits per heavy atom. The lowest BCUT2D eigenvalue weighted by atomic mass is 10.0. The lowest BCUT2D eigenvalue weighted by Gasteiger charge is -2.12. The highest BCUT2D eigenvalue weighted by Crippen LogP contribution is 2.15. The van der Waals surface area contributed by atoms with E-state index in [0.717, 1.165) is 12.8 Å². The molecule has 2 N–H and O–H groups in total. The molecule has 0 aromatic carbocycles. The molecule has 0 aliphatic rings. The Labute approximate surface area is 111 Å². The first-order valence-corrected chi connectivity index (χ1v) is 6.96. The fourth-order valence-corrected chi connectivity index (χ4v) is 2.23. The van der Waals surface area contributed by atoms with E-state index in [9.17, 15) is 9.59 Å². The van der Waals surface area contributed by atoms with Gasteiger partial charge in [-0.15, -0.1) is 11.3 Å². The van der Waals surface area contributed by atoms with Gasteiger partial charge in [-0.05, 0) is 5.92 Å². The molecule has 0 unspecified atom stereocenters. The van der Waals surface area contributed by atoms with Gasteiger partial charge in [-0.2, -0.15) is 0 Å². The summed E-state index contributed by atoms with van der Waals surface area (Å²) in [7, 11) is 0. The first kappa shape index (κ1) is 14.6. The van der Waals surface area contributed by atoms with Gasteiger partial charge in [0.2, 0.25) is 5.91 Å². The molecule has 0 atom stereocenters. The number of hydrogen-bond donors (Lipinski definition) is 2. The zero-order valence-corrected chi connectivity index (χ0v) is 11.8. The predicted molar refractivity (Wildman–Crippen MR) is 72.8 cm³/mol. The lowest BCUT2D eigenvalue weighted by molar-refractivity contribution is -0.114. The third kappa shape index (κ3) is 4.44. The lowest BCUT2D eigenvalue weighted by Crippen LogP contribution is -2.29. The largest absolute Gasteiger partial charge is 0.350 e. The minimum absolute atomic E-state index is 0.185. The molecule has 0 saturated carbocycles. The van der Waals surface area contributed by atoms with E-state index < -0.39 is 0 Å². The number of amides is 2. The molecule has 18 heavy (non-hydrogen) atoms. The summed E-state index contributed by atoms with van der Waals surface area (Å²) in [5.74, 6) is 0.130. The smallest absolute Gasteiger partial charge is 0.270 e. The molecule has 2 amide bonds. The van der Waals surface area contributed by atoms with Crippen LogP contribution in [0.2, 0.25) is 0 Å². The molecule has 0 aliphatic carbocycles. The maximum absolute atomic E-state index is 11.8. The fourth-order valence-electron chi connectivity index (χ4n) is 1.49. The van der Waals surface area contributed by atoms with Gasteiger partial charge in [0.1, 0.15) is 5.69 Å². The van der Waals surface area contributed by atoms with Gasteiger partial charge in [0.15, 0.2) is 5.13 Å². The summed E-state index contributed by atoms with van der Waals surface area (Å²) in [5.41, 5.74) is 0.356. The molecule has 1 heterocycles. The number of hydrogen-bond acceptors (Lipinski definition) is 4. The zero-order chi connectivity index (χ0) is 13.5. The molecule has 100 valence electrons. The second kappa shape index (κ2) is 7.10. The summed E-state index contributed by atoms with van der Waals surface area (Å²) in [4.78, 5) is 26.7. The van der Waals surface area contributed by atoms with Crippen molar-refractivity contribution in [2.24, 2.45) is 5.92 Å². The van der Waals surface area contributed by atoms with E-state index in [1.165, 1.54) is 18.3 Å². The van der Waals surface area contributed by atoms with E-state index in [-0.39, 0.29) is 11.8 Å². The van der Waals surface area contributed by atoms with Gasteiger partial charge in [0.25, 0.3) is 5.91 Å². The molecule has 1 aromatic rings. The number of carbonyl (C=O) groups is 2. The number of nitrogens with zero attached hydrogens (tertiary/aromatic N) is 1. The van der Waals surface area contributed by atoms with Crippen molar-refractivity contribution in [1.29, 1.82) is 0 Å². The van der Waals surface area contributed by atoms with Crippen molar-refractivity contribution in [3.05, 3.63) is 11.1 Å². The SMILES string of the molecule is CCC(CC)CNC(=O)c1csc(NC(C)=O)n1. The van der Waals surface area contributed by atoms with Crippen molar-refractivity contribution < 1.29 is 9.59 Å². The van der Waals surface area contributed by atoms with Crippen LogP contribution >= 0.6 is 11.3 Å². The van der Waals surface area contributed by atoms with Crippen LogP contribution in [0.3, 0.4) is 0 Å². The molecule has 0 fully saturated rings. The first-order valence-electron chi connectivity index (χ1n) is 6.08. The first-order chi connectivity index (χ1) is 8.56. The Hall–Kier alpha value is -1.43. The highest BCUT2D eigenvalue weighted by atomic mass is 32.1. The molecule has 6 heteroatoms. The fraction of sp³-hybridized carbons (Fsp3) is 0.583. The summed E-state index contributed by atoms with van der Waals surface area (Å²) in [6.45, 7) is 6.29. The topological polar surface area (TPSA) is 71.1 Å². The zero-order valence-electron chi connectivity index (χ0n) is 10.9. The van der Waals surface area contributed by atoms with Gasteiger partial charge in [-0.3, -0.25) is 9.59 Å². The second-order valence-corrected chi connectivity index (χ2v) is 4.97. The van der Waals surface area contributed by atoms with Gasteiger partial charge in [0.05, 0.1) is 0 Å². The summed E-state index contributed by atoms with van der Waals surface area (Å²) in [5, 5.41) is 7.52. The number of thiazole rings is 1. The Kier molecular flexibility index (Phi) is 5.77. The molecule has 1 rings (SSSR count). The van der Waals surface area contributed by atoms with Gasteiger partial charge >= 0.3 is 0 Å². The van der Waals surface area contributed by atoms with Gasteiger partial charge in [-0.25, -0.2) is 4.98 Å². The van der Waals surface area contributed by atoms with Crippen LogP contribution in [0.25, 0.3) is 0 Å². The van der Waals surface area contributed by atoms with Crippen molar-refractivity contribution >= 4 is 28.3 Å². The highest BCUT2D eigenvalue weighted by molar-refractivity contribution is 7.14. The number of carbonyl (C=O) groups excluding carboxylic acids is 2. The minimum Gasteiger partial charge on any atom is -0.350 e. The van der Waals surface area contributed by atoms with Crippen LogP contribution in [-0.2, 0) is 4.79 Å². The van der Waals surface area contributed by atoms with Crippen molar-refractivity contribution in [2.45, 2.75) is 33.6 Å².